The lowest BCUT2D eigenvalue weighted by atomic mass is 9.83. The molecule has 2 atom stereocenters. The summed E-state index contributed by atoms with van der Waals surface area (Å²) >= 11 is 0. The van der Waals surface area contributed by atoms with Gasteiger partial charge in [-0.2, -0.15) is 5.26 Å². The van der Waals surface area contributed by atoms with Gasteiger partial charge in [0.15, 0.2) is 0 Å². The molecule has 3 heteroatoms. The zero-order valence-corrected chi connectivity index (χ0v) is 12.3. The van der Waals surface area contributed by atoms with E-state index in [0.29, 0.717) is 6.04 Å². The molecule has 1 rings (SSSR count). The molecule has 0 spiro atoms. The van der Waals surface area contributed by atoms with Gasteiger partial charge in [-0.05, 0) is 40.0 Å². The van der Waals surface area contributed by atoms with E-state index in [1.165, 1.54) is 25.7 Å². The maximum atomic E-state index is 9.28. The maximum Gasteiger partial charge on any atom is 0.106 e. The summed E-state index contributed by atoms with van der Waals surface area (Å²) in [5.41, 5.74) is -0.482. The fraction of sp³-hybridized carbons (Fsp3) is 0.933. The second kappa shape index (κ2) is 7.11. The van der Waals surface area contributed by atoms with Crippen LogP contribution in [0, 0.1) is 17.2 Å². The number of nitrogens with one attached hydrogen (secondary N) is 1. The summed E-state index contributed by atoms with van der Waals surface area (Å²) in [6.07, 6.45) is 6.22. The average Bonchev–Trinajstić information content (AvgIpc) is 2.20. The Bertz CT molecular complexity index is 281. The molecule has 0 aromatic heterocycles. The second-order valence-corrected chi connectivity index (χ2v) is 6.21. The van der Waals surface area contributed by atoms with Crippen LogP contribution in [0.25, 0.3) is 0 Å². The molecule has 104 valence electrons. The predicted molar refractivity (Wildman–Crippen MR) is 74.3 cm³/mol. The SMILES string of the molecule is CC(C)NC(C)(C#N)CC(C)OCCC1CCC1. The van der Waals surface area contributed by atoms with Gasteiger partial charge in [0.05, 0.1) is 12.2 Å². The van der Waals surface area contributed by atoms with Crippen molar-refractivity contribution in [3.05, 3.63) is 0 Å². The molecule has 1 N–H and O–H groups in total. The Labute approximate surface area is 112 Å². The van der Waals surface area contributed by atoms with Gasteiger partial charge in [0, 0.05) is 19.1 Å². The molecule has 0 aromatic rings. The molecule has 0 amide bonds. The van der Waals surface area contributed by atoms with Crippen molar-refractivity contribution in [3.8, 4) is 6.07 Å². The van der Waals surface area contributed by atoms with Crippen LogP contribution < -0.4 is 5.32 Å². The number of nitriles is 1. The van der Waals surface area contributed by atoms with Crippen molar-refractivity contribution >= 4 is 0 Å². The Hall–Kier alpha value is -0.590. The largest absolute Gasteiger partial charge is 0.378 e. The molecule has 0 bridgehead atoms. The Morgan fingerprint density at radius 2 is 2.06 bits per heavy atom. The Balaban J connectivity index is 2.23. The molecule has 3 nitrogen and oxygen atoms in total. The minimum absolute atomic E-state index is 0.140. The molecule has 18 heavy (non-hydrogen) atoms. The summed E-state index contributed by atoms with van der Waals surface area (Å²) in [4.78, 5) is 0. The summed E-state index contributed by atoms with van der Waals surface area (Å²) in [5, 5.41) is 12.6. The molecular formula is C15H28N2O. The van der Waals surface area contributed by atoms with Gasteiger partial charge in [0.1, 0.15) is 5.54 Å². The van der Waals surface area contributed by atoms with E-state index in [1.54, 1.807) is 0 Å². The van der Waals surface area contributed by atoms with Crippen LogP contribution in [0.4, 0.5) is 0 Å². The molecule has 0 radical (unpaired) electrons. The van der Waals surface area contributed by atoms with E-state index in [-0.39, 0.29) is 6.10 Å². The third-order valence-electron chi connectivity index (χ3n) is 3.70. The molecule has 1 fully saturated rings. The first-order valence-corrected chi connectivity index (χ1v) is 7.26. The minimum atomic E-state index is -0.482. The molecule has 0 aromatic carbocycles. The maximum absolute atomic E-state index is 9.28. The fourth-order valence-corrected chi connectivity index (χ4v) is 2.63. The predicted octanol–water partition coefficient (Wildman–Crippen LogP) is 3.25. The van der Waals surface area contributed by atoms with Crippen molar-refractivity contribution in [1.82, 2.24) is 5.32 Å². The highest BCUT2D eigenvalue weighted by molar-refractivity contribution is 5.05. The number of ether oxygens (including phenoxy) is 1. The van der Waals surface area contributed by atoms with Crippen LogP contribution in [0.2, 0.25) is 0 Å². The molecular weight excluding hydrogens is 224 g/mol. The zero-order chi connectivity index (χ0) is 13.6. The van der Waals surface area contributed by atoms with E-state index in [4.69, 9.17) is 4.74 Å². The van der Waals surface area contributed by atoms with Crippen molar-refractivity contribution in [2.45, 2.75) is 77.5 Å². The first kappa shape index (κ1) is 15.5. The lowest BCUT2D eigenvalue weighted by molar-refractivity contribution is 0.0328. The molecule has 0 saturated heterocycles. The van der Waals surface area contributed by atoms with E-state index in [9.17, 15) is 5.26 Å². The molecule has 1 saturated carbocycles. The van der Waals surface area contributed by atoms with Gasteiger partial charge in [-0.15, -0.1) is 0 Å². The normalized spacial score (nSPS) is 21.1. The van der Waals surface area contributed by atoms with Crippen LogP contribution in [0.15, 0.2) is 0 Å². The third-order valence-corrected chi connectivity index (χ3v) is 3.70. The lowest BCUT2D eigenvalue weighted by Gasteiger charge is -2.30. The highest BCUT2D eigenvalue weighted by atomic mass is 16.5. The van der Waals surface area contributed by atoms with E-state index in [2.05, 4.69) is 32.2 Å². The van der Waals surface area contributed by atoms with Gasteiger partial charge in [0.2, 0.25) is 0 Å². The van der Waals surface area contributed by atoms with Gasteiger partial charge >= 0.3 is 0 Å². The van der Waals surface area contributed by atoms with Crippen molar-refractivity contribution in [1.29, 1.82) is 5.26 Å². The van der Waals surface area contributed by atoms with Crippen LogP contribution in [0.3, 0.4) is 0 Å². The Morgan fingerprint density at radius 3 is 2.50 bits per heavy atom. The smallest absolute Gasteiger partial charge is 0.106 e. The topological polar surface area (TPSA) is 45.0 Å². The highest BCUT2D eigenvalue weighted by Gasteiger charge is 2.27. The summed E-state index contributed by atoms with van der Waals surface area (Å²) in [6.45, 7) is 9.00. The second-order valence-electron chi connectivity index (χ2n) is 6.21. The van der Waals surface area contributed by atoms with Crippen molar-refractivity contribution < 1.29 is 4.74 Å². The number of hydrogen-bond acceptors (Lipinski definition) is 3. The van der Waals surface area contributed by atoms with Crippen LogP contribution in [-0.4, -0.2) is 24.3 Å². The van der Waals surface area contributed by atoms with Gasteiger partial charge in [-0.25, -0.2) is 0 Å². The van der Waals surface area contributed by atoms with Crippen LogP contribution in [0.5, 0.6) is 0 Å². The Kier molecular flexibility index (Phi) is 6.11. The summed E-state index contributed by atoms with van der Waals surface area (Å²) in [6, 6.07) is 2.69. The number of rotatable bonds is 8. The van der Waals surface area contributed by atoms with E-state index < -0.39 is 5.54 Å². The standard InChI is InChI=1S/C15H28N2O/c1-12(2)17-15(4,11-16)10-13(3)18-9-8-14-6-5-7-14/h12-14,17H,5-10H2,1-4H3. The average molecular weight is 252 g/mol. The summed E-state index contributed by atoms with van der Waals surface area (Å²) < 4.78 is 5.84. The fourth-order valence-electron chi connectivity index (χ4n) is 2.63. The molecule has 1 aliphatic rings. The first-order chi connectivity index (χ1) is 8.45. The lowest BCUT2D eigenvalue weighted by Crippen LogP contribution is -2.47. The number of hydrogen-bond donors (Lipinski definition) is 1. The Morgan fingerprint density at radius 1 is 1.39 bits per heavy atom. The quantitative estimate of drug-likeness (QED) is 0.721. The third kappa shape index (κ3) is 5.37. The molecule has 1 aliphatic carbocycles. The zero-order valence-electron chi connectivity index (χ0n) is 12.3. The van der Waals surface area contributed by atoms with Crippen LogP contribution in [-0.2, 0) is 4.74 Å². The van der Waals surface area contributed by atoms with Crippen molar-refractivity contribution in [2.24, 2.45) is 5.92 Å². The summed E-state index contributed by atoms with van der Waals surface area (Å²) in [5.74, 6) is 0.897. The van der Waals surface area contributed by atoms with Crippen LogP contribution >= 0.6 is 0 Å². The van der Waals surface area contributed by atoms with Gasteiger partial charge < -0.3 is 4.74 Å². The van der Waals surface area contributed by atoms with Crippen molar-refractivity contribution in [3.63, 3.8) is 0 Å². The van der Waals surface area contributed by atoms with E-state index in [0.717, 1.165) is 18.9 Å². The van der Waals surface area contributed by atoms with Gasteiger partial charge in [-0.1, -0.05) is 19.3 Å². The van der Waals surface area contributed by atoms with E-state index in [1.807, 2.05) is 6.92 Å². The first-order valence-electron chi connectivity index (χ1n) is 7.26. The minimum Gasteiger partial charge on any atom is -0.378 e. The molecule has 2 unspecified atom stereocenters. The van der Waals surface area contributed by atoms with Gasteiger partial charge in [-0.3, -0.25) is 5.32 Å². The van der Waals surface area contributed by atoms with E-state index >= 15 is 0 Å². The molecule has 0 aliphatic heterocycles. The number of nitrogens with zero attached hydrogens (tertiary/aromatic N) is 1. The monoisotopic (exact) mass is 252 g/mol. The van der Waals surface area contributed by atoms with Crippen molar-refractivity contribution in [2.75, 3.05) is 6.61 Å². The summed E-state index contributed by atoms with van der Waals surface area (Å²) in [7, 11) is 0. The van der Waals surface area contributed by atoms with Crippen LogP contribution in [0.1, 0.15) is 59.8 Å². The molecule has 0 heterocycles. The highest BCUT2D eigenvalue weighted by Crippen LogP contribution is 2.29. The van der Waals surface area contributed by atoms with Gasteiger partial charge in [0.25, 0.3) is 0 Å².